The molecule has 2 rings (SSSR count). The first-order valence-electron chi connectivity index (χ1n) is 6.62. The van der Waals surface area contributed by atoms with E-state index in [9.17, 15) is 8.42 Å². The summed E-state index contributed by atoms with van der Waals surface area (Å²) in [6.07, 6.45) is 5.45. The first kappa shape index (κ1) is 13.3. The highest BCUT2D eigenvalue weighted by molar-refractivity contribution is 7.87. The number of nitrogens with zero attached hydrogens (tertiary/aromatic N) is 1. The van der Waals surface area contributed by atoms with E-state index in [1.807, 2.05) is 6.92 Å². The number of piperidine rings is 1. The fraction of sp³-hybridized carbons (Fsp3) is 1.00. The average Bonchev–Trinajstić information content (AvgIpc) is 3.10. The highest BCUT2D eigenvalue weighted by atomic mass is 32.2. The van der Waals surface area contributed by atoms with Crippen molar-refractivity contribution >= 4 is 10.2 Å². The summed E-state index contributed by atoms with van der Waals surface area (Å²) in [4.78, 5) is 0. The first-order chi connectivity index (χ1) is 8.12. The second kappa shape index (κ2) is 5.65. The fourth-order valence-corrected chi connectivity index (χ4v) is 3.73. The van der Waals surface area contributed by atoms with Gasteiger partial charge in [0.1, 0.15) is 0 Å². The molecule has 0 bridgehead atoms. The summed E-state index contributed by atoms with van der Waals surface area (Å²) >= 11 is 0. The van der Waals surface area contributed by atoms with E-state index in [1.54, 1.807) is 4.31 Å². The lowest BCUT2D eigenvalue weighted by Gasteiger charge is -2.29. The summed E-state index contributed by atoms with van der Waals surface area (Å²) in [5, 5.41) is 3.39. The zero-order valence-corrected chi connectivity index (χ0v) is 11.3. The zero-order chi connectivity index (χ0) is 12.3. The molecule has 1 atom stereocenters. The highest BCUT2D eigenvalue weighted by Gasteiger charge is 2.31. The molecule has 0 aromatic heterocycles. The van der Waals surface area contributed by atoms with E-state index in [0.29, 0.717) is 19.1 Å². The Hall–Kier alpha value is -0.170. The molecule has 1 aliphatic heterocycles. The van der Waals surface area contributed by atoms with Crippen molar-refractivity contribution in [2.45, 2.75) is 51.1 Å². The number of nitrogens with one attached hydrogen (secondary N) is 2. The lowest BCUT2D eigenvalue weighted by Crippen LogP contribution is -2.49. The SMILES string of the molecule is CCN(CC1CCCCN1)S(=O)(=O)NC1CC1. The Balaban J connectivity index is 1.89. The van der Waals surface area contributed by atoms with Gasteiger partial charge in [-0.25, -0.2) is 0 Å². The molecule has 100 valence electrons. The van der Waals surface area contributed by atoms with Gasteiger partial charge < -0.3 is 5.32 Å². The Kier molecular flexibility index (Phi) is 4.41. The van der Waals surface area contributed by atoms with Gasteiger partial charge in [0.2, 0.25) is 0 Å². The molecule has 2 fully saturated rings. The van der Waals surface area contributed by atoms with Gasteiger partial charge in [-0.05, 0) is 32.2 Å². The number of likely N-dealkylation sites (N-methyl/N-ethyl adjacent to an activating group) is 1. The van der Waals surface area contributed by atoms with E-state index in [2.05, 4.69) is 10.0 Å². The van der Waals surface area contributed by atoms with Crippen molar-refractivity contribution < 1.29 is 8.42 Å². The smallest absolute Gasteiger partial charge is 0.279 e. The van der Waals surface area contributed by atoms with Crippen LogP contribution in [0.3, 0.4) is 0 Å². The largest absolute Gasteiger partial charge is 0.313 e. The standard InChI is InChI=1S/C11H23N3O2S/c1-2-14(9-11-5-3-4-8-12-11)17(15,16)13-10-6-7-10/h10-13H,2-9H2,1H3. The molecule has 2 N–H and O–H groups in total. The molecule has 1 aliphatic carbocycles. The second-order valence-electron chi connectivity index (χ2n) is 4.99. The Morgan fingerprint density at radius 2 is 2.06 bits per heavy atom. The van der Waals surface area contributed by atoms with Crippen LogP contribution in [-0.4, -0.2) is 44.4 Å². The Morgan fingerprint density at radius 3 is 2.59 bits per heavy atom. The number of rotatable bonds is 6. The van der Waals surface area contributed by atoms with E-state index >= 15 is 0 Å². The molecule has 0 aromatic rings. The maximum absolute atomic E-state index is 12.1. The quantitative estimate of drug-likeness (QED) is 0.729. The molecule has 0 spiro atoms. The van der Waals surface area contributed by atoms with Crippen molar-refractivity contribution in [3.63, 3.8) is 0 Å². The van der Waals surface area contributed by atoms with Crippen molar-refractivity contribution in [2.24, 2.45) is 0 Å². The fourth-order valence-electron chi connectivity index (χ4n) is 2.21. The van der Waals surface area contributed by atoms with Crippen molar-refractivity contribution in [2.75, 3.05) is 19.6 Å². The molecule has 5 nitrogen and oxygen atoms in total. The number of hydrogen-bond acceptors (Lipinski definition) is 3. The molecular formula is C11H23N3O2S. The summed E-state index contributed by atoms with van der Waals surface area (Å²) in [7, 11) is -3.27. The first-order valence-corrected chi connectivity index (χ1v) is 8.06. The third-order valence-electron chi connectivity index (χ3n) is 3.42. The Bertz CT molecular complexity index is 335. The Morgan fingerprint density at radius 1 is 1.29 bits per heavy atom. The number of hydrogen-bond donors (Lipinski definition) is 2. The predicted octanol–water partition coefficient (Wildman–Crippen LogP) is 0.447. The van der Waals surface area contributed by atoms with E-state index in [1.165, 1.54) is 12.8 Å². The van der Waals surface area contributed by atoms with Crippen LogP contribution in [0.15, 0.2) is 0 Å². The van der Waals surface area contributed by atoms with Crippen LogP contribution in [0.1, 0.15) is 39.0 Å². The Labute approximate surface area is 104 Å². The van der Waals surface area contributed by atoms with Crippen LogP contribution in [-0.2, 0) is 10.2 Å². The third-order valence-corrected chi connectivity index (χ3v) is 5.14. The molecule has 1 saturated carbocycles. The van der Waals surface area contributed by atoms with Crippen LogP contribution < -0.4 is 10.0 Å². The van der Waals surface area contributed by atoms with Gasteiger partial charge in [0.15, 0.2) is 0 Å². The molecule has 0 radical (unpaired) electrons. The third kappa shape index (κ3) is 3.91. The highest BCUT2D eigenvalue weighted by Crippen LogP contribution is 2.21. The van der Waals surface area contributed by atoms with Crippen molar-refractivity contribution in [3.8, 4) is 0 Å². The summed E-state index contributed by atoms with van der Waals surface area (Å²) in [5.74, 6) is 0. The summed E-state index contributed by atoms with van der Waals surface area (Å²) in [6.45, 7) is 4.05. The predicted molar refractivity (Wildman–Crippen MR) is 68.0 cm³/mol. The van der Waals surface area contributed by atoms with Crippen molar-refractivity contribution in [1.29, 1.82) is 0 Å². The van der Waals surface area contributed by atoms with Gasteiger partial charge in [0.25, 0.3) is 10.2 Å². The molecule has 1 heterocycles. The van der Waals surface area contributed by atoms with Crippen LogP contribution in [0.5, 0.6) is 0 Å². The minimum Gasteiger partial charge on any atom is -0.313 e. The molecule has 6 heteroatoms. The molecule has 0 aromatic carbocycles. The van der Waals surface area contributed by atoms with Crippen LogP contribution in [0.4, 0.5) is 0 Å². The van der Waals surface area contributed by atoms with Gasteiger partial charge >= 0.3 is 0 Å². The minimum absolute atomic E-state index is 0.188. The van der Waals surface area contributed by atoms with Gasteiger partial charge in [-0.1, -0.05) is 13.3 Å². The van der Waals surface area contributed by atoms with Gasteiger partial charge in [0.05, 0.1) is 0 Å². The summed E-state index contributed by atoms with van der Waals surface area (Å²) < 4.78 is 28.5. The van der Waals surface area contributed by atoms with Crippen molar-refractivity contribution in [1.82, 2.24) is 14.3 Å². The van der Waals surface area contributed by atoms with E-state index in [4.69, 9.17) is 0 Å². The molecular weight excluding hydrogens is 238 g/mol. The monoisotopic (exact) mass is 261 g/mol. The van der Waals surface area contributed by atoms with Gasteiger partial charge in [-0.2, -0.15) is 17.4 Å². The van der Waals surface area contributed by atoms with Gasteiger partial charge in [-0.3, -0.25) is 0 Å². The van der Waals surface area contributed by atoms with Gasteiger partial charge in [-0.15, -0.1) is 0 Å². The normalized spacial score (nSPS) is 26.4. The summed E-state index contributed by atoms with van der Waals surface area (Å²) in [6, 6.07) is 0.507. The van der Waals surface area contributed by atoms with Crippen LogP contribution in [0.2, 0.25) is 0 Å². The zero-order valence-electron chi connectivity index (χ0n) is 10.5. The maximum atomic E-state index is 12.1. The lowest BCUT2D eigenvalue weighted by molar-refractivity contribution is 0.316. The molecule has 17 heavy (non-hydrogen) atoms. The van der Waals surface area contributed by atoms with E-state index in [-0.39, 0.29) is 6.04 Å². The van der Waals surface area contributed by atoms with Crippen LogP contribution in [0, 0.1) is 0 Å². The molecule has 1 saturated heterocycles. The topological polar surface area (TPSA) is 61.4 Å². The van der Waals surface area contributed by atoms with Crippen molar-refractivity contribution in [3.05, 3.63) is 0 Å². The minimum atomic E-state index is -3.27. The van der Waals surface area contributed by atoms with E-state index < -0.39 is 10.2 Å². The van der Waals surface area contributed by atoms with Crippen LogP contribution in [0.25, 0.3) is 0 Å². The second-order valence-corrected chi connectivity index (χ2v) is 6.70. The maximum Gasteiger partial charge on any atom is 0.279 e. The molecule has 1 unspecified atom stereocenters. The average molecular weight is 261 g/mol. The van der Waals surface area contributed by atoms with Crippen LogP contribution >= 0.6 is 0 Å². The van der Waals surface area contributed by atoms with Gasteiger partial charge in [0, 0.05) is 25.2 Å². The molecule has 0 amide bonds. The molecule has 2 aliphatic rings. The lowest BCUT2D eigenvalue weighted by atomic mass is 10.1. The summed E-state index contributed by atoms with van der Waals surface area (Å²) in [5.41, 5.74) is 0. The van der Waals surface area contributed by atoms with E-state index in [0.717, 1.165) is 25.8 Å².